The van der Waals surface area contributed by atoms with Gasteiger partial charge in [0, 0.05) is 0 Å². The van der Waals surface area contributed by atoms with Crippen LogP contribution < -0.4 is 71.7 Å². The fraction of sp³-hybridized carbons (Fsp3) is 0. The van der Waals surface area contributed by atoms with Gasteiger partial charge in [-0.3, -0.25) is 0 Å². The van der Waals surface area contributed by atoms with Crippen molar-refractivity contribution in [3.63, 3.8) is 0 Å². The van der Waals surface area contributed by atoms with Gasteiger partial charge in [-0.05, 0) is 0 Å². The summed E-state index contributed by atoms with van der Waals surface area (Å²) in [6.45, 7) is 0. The Morgan fingerprint density at radius 2 is 0.667 bits per heavy atom. The van der Waals surface area contributed by atoms with Gasteiger partial charge in [0.25, 0.3) is 0 Å². The predicted molar refractivity (Wildman–Crippen MR) is 12.9 cm³/mol. The van der Waals surface area contributed by atoms with Crippen LogP contribution in [0.5, 0.6) is 0 Å². The predicted octanol–water partition coefficient (Wildman–Crippen LogP) is -11.1. The summed E-state index contributed by atoms with van der Waals surface area (Å²) in [5.41, 5.74) is 0. The Labute approximate surface area is 137 Å². The molecule has 0 unspecified atom stereocenters. The Kier molecular flexibility index (Phi) is 22.3. The van der Waals surface area contributed by atoms with Gasteiger partial charge in [-0.25, -0.2) is 0 Å². The van der Waals surface area contributed by atoms with Crippen molar-refractivity contribution in [2.75, 3.05) is 0 Å². The Morgan fingerprint density at radius 3 is 0.667 bits per heavy atom. The van der Waals surface area contributed by atoms with E-state index in [2.05, 4.69) is 0 Å². The molecule has 0 fully saturated rings. The van der Waals surface area contributed by atoms with Gasteiger partial charge in [-0.15, -0.1) is 0 Å². The third kappa shape index (κ3) is 180. The quantitative estimate of drug-likeness (QED) is 0.293. The van der Waals surface area contributed by atoms with Crippen LogP contribution in [-0.2, 0) is 28.4 Å². The number of hydrogen-bond donors (Lipinski definition) is 0. The second-order valence-corrected chi connectivity index (χ2v) is 6.00. The average molecular weight is 504 g/mol. The topological polar surface area (TPSA) is 172 Å². The Hall–Kier alpha value is 3.37. The summed E-state index contributed by atoms with van der Waals surface area (Å²) < 4.78 is 69.1. The van der Waals surface area contributed by atoms with Gasteiger partial charge in [0.2, 0.25) is 0 Å². The van der Waals surface area contributed by atoms with E-state index in [0.717, 1.165) is 0 Å². The molecule has 64 valence electrons. The van der Waals surface area contributed by atoms with Crippen molar-refractivity contribution in [1.29, 1.82) is 0 Å². The molecular weight excluding hydrogens is 504 g/mol. The first kappa shape index (κ1) is 24.6. The van der Waals surface area contributed by atoms with Crippen LogP contribution >= 0.6 is 0 Å². The molecule has 0 aliphatic rings. The van der Waals surface area contributed by atoms with Crippen LogP contribution in [0.25, 0.3) is 0 Å². The first-order valence-corrected chi connectivity index (χ1v) is 9.80. The molecule has 12 heavy (non-hydrogen) atoms. The molecule has 0 aliphatic heterocycles. The van der Waals surface area contributed by atoms with Gasteiger partial charge in [-0.2, -0.15) is 0 Å². The third-order valence-corrected chi connectivity index (χ3v) is 0. The van der Waals surface area contributed by atoms with Gasteiger partial charge >= 0.3 is 140 Å². The minimum atomic E-state index is -6.10. The van der Waals surface area contributed by atoms with Crippen LogP contribution in [-0.4, -0.2) is 40.1 Å². The molecule has 0 heterocycles. The molecule has 0 bridgehead atoms. The van der Waals surface area contributed by atoms with E-state index in [1.807, 2.05) is 0 Å². The summed E-state index contributed by atoms with van der Waals surface area (Å²) in [5, 5.41) is 0. The fourth-order valence-corrected chi connectivity index (χ4v) is 0. The maximum atomic E-state index is 8.64. The van der Waals surface area contributed by atoms with E-state index >= 15 is 0 Å². The Morgan fingerprint density at radius 1 is 0.667 bits per heavy atom. The first-order chi connectivity index (χ1) is 4.00. The molecule has 0 saturated heterocycles. The molecule has 0 radical (unpaired) electrons. The van der Waals surface area contributed by atoms with Gasteiger partial charge < -0.3 is 0 Å². The van der Waals surface area contributed by atoms with Crippen molar-refractivity contribution in [3.05, 3.63) is 0 Å². The zero-order valence-electron chi connectivity index (χ0n) is 5.61. The van der Waals surface area contributed by atoms with E-state index < -0.39 is 40.1 Å². The van der Waals surface area contributed by atoms with Crippen LogP contribution in [0, 0.1) is 0 Å². The van der Waals surface area contributed by atoms with E-state index in [1.54, 1.807) is 0 Å². The molecule has 8 nitrogen and oxygen atoms in total. The molecule has 12 heteroatoms. The molecule has 0 rings (SSSR count). The van der Waals surface area contributed by atoms with Crippen LogP contribution in [0.15, 0.2) is 0 Å². The van der Waals surface area contributed by atoms with E-state index in [1.165, 1.54) is 0 Å². The molecule has 0 spiro atoms. The molecule has 0 aromatic heterocycles. The van der Waals surface area contributed by atoms with Gasteiger partial charge in [0.05, 0.1) is 0 Å². The zero-order chi connectivity index (χ0) is 9.00. The minimum absolute atomic E-state index is 0. The second kappa shape index (κ2) is 10.9. The molecular formula is KNbO8Sb2. The maximum absolute atomic E-state index is 8.64. The standard InChI is InChI=1S/K.Nb.8O.2Sb/q+1;+5;;;6*-1;;. The number of rotatable bonds is 0. The summed E-state index contributed by atoms with van der Waals surface area (Å²) in [6.07, 6.45) is 0. The second-order valence-electron chi connectivity index (χ2n) is 0.894. The van der Waals surface area contributed by atoms with Crippen molar-refractivity contribution in [2.24, 2.45) is 0 Å². The normalized spacial score (nSPS) is 9.83. The summed E-state index contributed by atoms with van der Waals surface area (Å²) in [5.74, 6) is 0. The molecule has 0 N–H and O–H groups in total. The van der Waals surface area contributed by atoms with Crippen molar-refractivity contribution < 1.29 is 100 Å². The van der Waals surface area contributed by atoms with Crippen molar-refractivity contribution in [3.8, 4) is 0 Å². The molecule has 0 aromatic carbocycles. The van der Waals surface area contributed by atoms with Crippen molar-refractivity contribution in [1.82, 2.24) is 0 Å². The van der Waals surface area contributed by atoms with Crippen molar-refractivity contribution >= 4 is 40.1 Å². The summed E-state index contributed by atoms with van der Waals surface area (Å²) in [6, 6.07) is 0. The third-order valence-electron chi connectivity index (χ3n) is 0. The van der Waals surface area contributed by atoms with Gasteiger partial charge in [-0.1, -0.05) is 0 Å². The summed E-state index contributed by atoms with van der Waals surface area (Å²) in [7, 11) is 0. The van der Waals surface area contributed by atoms with Gasteiger partial charge in [0.1, 0.15) is 0 Å². The van der Waals surface area contributed by atoms with Crippen LogP contribution in [0.1, 0.15) is 0 Å². The summed E-state index contributed by atoms with van der Waals surface area (Å²) in [4.78, 5) is 0. The van der Waals surface area contributed by atoms with Crippen molar-refractivity contribution in [2.45, 2.75) is 0 Å². The van der Waals surface area contributed by atoms with Gasteiger partial charge in [0.15, 0.2) is 0 Å². The fourth-order valence-electron chi connectivity index (χ4n) is 0. The first-order valence-electron chi connectivity index (χ1n) is 1.46. The average Bonchev–Trinajstić information content (AvgIpc) is 1.12. The van der Waals surface area contributed by atoms with E-state index in [9.17, 15) is 0 Å². The Bertz CT molecular complexity index is 129. The SMILES string of the molecule is [K+].[Nb+5].[O]=[Sb]([O-])([O-])[O-].[O]=[Sb]([O-])([O-])[O-]. The zero-order valence-corrected chi connectivity index (χ0v) is 16.0. The Balaban J connectivity index is -0.0000000457. The van der Waals surface area contributed by atoms with E-state index in [0.29, 0.717) is 0 Å². The monoisotopic (exact) mass is 502 g/mol. The van der Waals surface area contributed by atoms with Crippen LogP contribution in [0.4, 0.5) is 0 Å². The van der Waals surface area contributed by atoms with E-state index in [4.69, 9.17) is 26.3 Å². The molecule has 0 saturated carbocycles. The summed E-state index contributed by atoms with van der Waals surface area (Å²) >= 11 is -12.2. The molecule has 0 atom stereocenters. The van der Waals surface area contributed by atoms with Crippen LogP contribution in [0.3, 0.4) is 0 Å². The van der Waals surface area contributed by atoms with E-state index in [-0.39, 0.29) is 73.8 Å². The molecule has 0 aliphatic carbocycles. The molecule has 0 amide bonds. The molecule has 0 aromatic rings. The number of hydrogen-bond acceptors (Lipinski definition) is 8. The van der Waals surface area contributed by atoms with Crippen LogP contribution in [0.2, 0.25) is 0 Å².